The van der Waals surface area contributed by atoms with E-state index >= 15 is 0 Å². The van der Waals surface area contributed by atoms with E-state index in [1.807, 2.05) is 4.90 Å². The van der Waals surface area contributed by atoms with E-state index in [4.69, 9.17) is 5.73 Å². The average molecular weight is 269 g/mol. The van der Waals surface area contributed by atoms with Gasteiger partial charge >= 0.3 is 0 Å². The van der Waals surface area contributed by atoms with E-state index in [2.05, 4.69) is 32.8 Å². The molecule has 1 amide bonds. The van der Waals surface area contributed by atoms with Crippen LogP contribution in [-0.4, -0.2) is 55.5 Å². The van der Waals surface area contributed by atoms with Gasteiger partial charge in [0.15, 0.2) is 0 Å². The van der Waals surface area contributed by atoms with Gasteiger partial charge in [0, 0.05) is 25.0 Å². The molecule has 0 heterocycles. The van der Waals surface area contributed by atoms with Crippen LogP contribution in [0.25, 0.3) is 0 Å². The molecule has 0 aromatic rings. The van der Waals surface area contributed by atoms with Gasteiger partial charge < -0.3 is 15.5 Å². The minimum atomic E-state index is 0.151. The van der Waals surface area contributed by atoms with Crippen LogP contribution in [0.2, 0.25) is 0 Å². The molecule has 112 valence electrons. The van der Waals surface area contributed by atoms with Gasteiger partial charge in [0.1, 0.15) is 0 Å². The Hall–Kier alpha value is -0.610. The number of nitrogens with zero attached hydrogens (tertiary/aromatic N) is 2. The van der Waals surface area contributed by atoms with Gasteiger partial charge in [-0.1, -0.05) is 6.92 Å². The van der Waals surface area contributed by atoms with Crippen molar-refractivity contribution in [3.05, 3.63) is 0 Å². The van der Waals surface area contributed by atoms with Crippen molar-refractivity contribution in [1.82, 2.24) is 9.80 Å². The second-order valence-corrected chi connectivity index (χ2v) is 6.34. The quantitative estimate of drug-likeness (QED) is 0.796. The van der Waals surface area contributed by atoms with Crippen molar-refractivity contribution >= 4 is 5.91 Å². The molecule has 4 heteroatoms. The summed E-state index contributed by atoms with van der Waals surface area (Å²) in [5, 5.41) is 0. The summed E-state index contributed by atoms with van der Waals surface area (Å²) in [5.74, 6) is 1.06. The van der Waals surface area contributed by atoms with Crippen molar-refractivity contribution in [1.29, 1.82) is 0 Å². The van der Waals surface area contributed by atoms with Crippen LogP contribution in [0.5, 0.6) is 0 Å². The molecule has 2 N–H and O–H groups in total. The molecule has 1 aliphatic rings. The lowest BCUT2D eigenvalue weighted by Crippen LogP contribution is -2.43. The van der Waals surface area contributed by atoms with E-state index in [0.717, 1.165) is 45.3 Å². The third-order valence-corrected chi connectivity index (χ3v) is 4.06. The number of rotatable bonds is 6. The smallest absolute Gasteiger partial charge is 0.225 e. The summed E-state index contributed by atoms with van der Waals surface area (Å²) in [6.45, 7) is 6.99. The van der Waals surface area contributed by atoms with Crippen molar-refractivity contribution in [2.45, 2.75) is 45.6 Å². The number of carbonyl (C=O) groups is 1. The minimum Gasteiger partial charge on any atom is -0.343 e. The van der Waals surface area contributed by atoms with E-state index in [1.165, 1.54) is 0 Å². The fourth-order valence-corrected chi connectivity index (χ4v) is 3.12. The van der Waals surface area contributed by atoms with Crippen LogP contribution in [0.1, 0.15) is 39.5 Å². The highest BCUT2D eigenvalue weighted by Gasteiger charge is 2.31. The Balaban J connectivity index is 2.47. The molecule has 0 radical (unpaired) electrons. The van der Waals surface area contributed by atoms with Crippen LogP contribution >= 0.6 is 0 Å². The average Bonchev–Trinajstić information content (AvgIpc) is 2.32. The summed E-state index contributed by atoms with van der Waals surface area (Å²) in [4.78, 5) is 16.7. The fraction of sp³-hybridized carbons (Fsp3) is 0.933. The number of carbonyl (C=O) groups excluding carboxylic acids is 1. The normalized spacial score (nSPS) is 27.6. The van der Waals surface area contributed by atoms with Gasteiger partial charge in [-0.05, 0) is 59.2 Å². The molecule has 3 unspecified atom stereocenters. The third-order valence-electron chi connectivity index (χ3n) is 4.06. The maximum atomic E-state index is 12.6. The molecule has 3 atom stereocenters. The standard InChI is InChI=1S/C15H31N3O/c1-5-18(8-6-7-17(3)4)15(19)13-9-12(2)10-14(16)11-13/h12-14H,5-11,16H2,1-4H3. The minimum absolute atomic E-state index is 0.151. The molecule has 1 aliphatic carbocycles. The Labute approximate surface area is 118 Å². The third kappa shape index (κ3) is 5.49. The second kappa shape index (κ2) is 7.85. The Morgan fingerprint density at radius 1 is 1.21 bits per heavy atom. The molecular weight excluding hydrogens is 238 g/mol. The van der Waals surface area contributed by atoms with Crippen molar-refractivity contribution in [3.8, 4) is 0 Å². The molecule has 0 aliphatic heterocycles. The summed E-state index contributed by atoms with van der Waals surface area (Å²) in [6, 6.07) is 0.207. The lowest BCUT2D eigenvalue weighted by atomic mass is 9.79. The largest absolute Gasteiger partial charge is 0.343 e. The second-order valence-electron chi connectivity index (χ2n) is 6.34. The van der Waals surface area contributed by atoms with Crippen molar-refractivity contribution in [3.63, 3.8) is 0 Å². The Kier molecular flexibility index (Phi) is 6.80. The Bertz CT molecular complexity index is 271. The van der Waals surface area contributed by atoms with Gasteiger partial charge in [-0.3, -0.25) is 4.79 Å². The number of nitrogens with two attached hydrogens (primary N) is 1. The molecule has 1 saturated carbocycles. The Morgan fingerprint density at radius 2 is 1.89 bits per heavy atom. The number of amides is 1. The first-order chi connectivity index (χ1) is 8.93. The summed E-state index contributed by atoms with van der Waals surface area (Å²) in [7, 11) is 4.14. The molecule has 0 aromatic carbocycles. The number of hydrogen-bond acceptors (Lipinski definition) is 3. The van der Waals surface area contributed by atoms with Crippen LogP contribution in [0.3, 0.4) is 0 Å². The lowest BCUT2D eigenvalue weighted by Gasteiger charge is -2.34. The molecule has 0 saturated heterocycles. The molecule has 4 nitrogen and oxygen atoms in total. The predicted molar refractivity (Wildman–Crippen MR) is 79.9 cm³/mol. The zero-order valence-corrected chi connectivity index (χ0v) is 13.1. The van der Waals surface area contributed by atoms with Gasteiger partial charge in [-0.2, -0.15) is 0 Å². The first-order valence-corrected chi connectivity index (χ1v) is 7.63. The maximum Gasteiger partial charge on any atom is 0.225 e. The highest BCUT2D eigenvalue weighted by molar-refractivity contribution is 5.79. The van der Waals surface area contributed by atoms with Gasteiger partial charge in [-0.25, -0.2) is 0 Å². The molecule has 1 rings (SSSR count). The van der Waals surface area contributed by atoms with Gasteiger partial charge in [0.25, 0.3) is 0 Å². The molecule has 1 fully saturated rings. The van der Waals surface area contributed by atoms with Crippen molar-refractivity contribution in [2.75, 3.05) is 33.7 Å². The highest BCUT2D eigenvalue weighted by Crippen LogP contribution is 2.29. The molecule has 0 spiro atoms. The van der Waals surface area contributed by atoms with Crippen LogP contribution in [0.4, 0.5) is 0 Å². The highest BCUT2D eigenvalue weighted by atomic mass is 16.2. The fourth-order valence-electron chi connectivity index (χ4n) is 3.12. The first-order valence-electron chi connectivity index (χ1n) is 7.63. The summed E-state index contributed by atoms with van der Waals surface area (Å²) in [6.07, 6.45) is 3.99. The topological polar surface area (TPSA) is 49.6 Å². The Morgan fingerprint density at radius 3 is 2.42 bits per heavy atom. The van der Waals surface area contributed by atoms with Crippen LogP contribution < -0.4 is 5.73 Å². The molecule has 0 aromatic heterocycles. The SMILES string of the molecule is CCN(CCCN(C)C)C(=O)C1CC(C)CC(N)C1. The lowest BCUT2D eigenvalue weighted by molar-refractivity contribution is -0.137. The van der Waals surface area contributed by atoms with Crippen LogP contribution in [-0.2, 0) is 4.79 Å². The van der Waals surface area contributed by atoms with Crippen molar-refractivity contribution in [2.24, 2.45) is 17.6 Å². The van der Waals surface area contributed by atoms with E-state index in [0.29, 0.717) is 11.8 Å². The summed E-state index contributed by atoms with van der Waals surface area (Å²) >= 11 is 0. The van der Waals surface area contributed by atoms with Gasteiger partial charge in [0.2, 0.25) is 5.91 Å². The van der Waals surface area contributed by atoms with Crippen LogP contribution in [0, 0.1) is 11.8 Å². The van der Waals surface area contributed by atoms with Crippen LogP contribution in [0.15, 0.2) is 0 Å². The van der Waals surface area contributed by atoms with Gasteiger partial charge in [0.05, 0.1) is 0 Å². The van der Waals surface area contributed by atoms with E-state index in [1.54, 1.807) is 0 Å². The maximum absolute atomic E-state index is 12.6. The number of hydrogen-bond donors (Lipinski definition) is 1. The zero-order chi connectivity index (χ0) is 14.4. The molecule has 19 heavy (non-hydrogen) atoms. The van der Waals surface area contributed by atoms with E-state index < -0.39 is 0 Å². The van der Waals surface area contributed by atoms with Crippen molar-refractivity contribution < 1.29 is 4.79 Å². The zero-order valence-electron chi connectivity index (χ0n) is 13.1. The summed E-state index contributed by atoms with van der Waals surface area (Å²) in [5.41, 5.74) is 6.06. The predicted octanol–water partition coefficient (Wildman–Crippen LogP) is 1.55. The summed E-state index contributed by atoms with van der Waals surface area (Å²) < 4.78 is 0. The van der Waals surface area contributed by atoms with E-state index in [-0.39, 0.29) is 12.0 Å². The molecular formula is C15H31N3O. The van der Waals surface area contributed by atoms with Gasteiger partial charge in [-0.15, -0.1) is 0 Å². The van der Waals surface area contributed by atoms with E-state index in [9.17, 15) is 4.79 Å². The first kappa shape index (κ1) is 16.4. The molecule has 0 bridgehead atoms. The monoisotopic (exact) mass is 269 g/mol.